The summed E-state index contributed by atoms with van der Waals surface area (Å²) in [5.74, 6) is -0.210. The molecule has 0 bridgehead atoms. The summed E-state index contributed by atoms with van der Waals surface area (Å²) in [6.45, 7) is 0.340. The van der Waals surface area contributed by atoms with Crippen molar-refractivity contribution in [1.29, 1.82) is 0 Å². The average molecular weight is 341 g/mol. The molecule has 0 spiro atoms. The summed E-state index contributed by atoms with van der Waals surface area (Å²) in [7, 11) is 0. The second-order valence-corrected chi connectivity index (χ2v) is 6.01. The summed E-state index contributed by atoms with van der Waals surface area (Å²) >= 11 is 1.56. The van der Waals surface area contributed by atoms with Gasteiger partial charge in [-0.15, -0.1) is 11.3 Å². The van der Waals surface area contributed by atoms with E-state index in [9.17, 15) is 9.59 Å². The fourth-order valence-electron chi connectivity index (χ4n) is 2.03. The zero-order chi connectivity index (χ0) is 16.8. The lowest BCUT2D eigenvalue weighted by Crippen LogP contribution is -2.36. The maximum Gasteiger partial charge on any atom is 0.273 e. The second kappa shape index (κ2) is 7.56. The molecular weight excluding hydrogens is 326 g/mol. The minimum absolute atomic E-state index is 0.113. The molecule has 0 aliphatic carbocycles. The largest absolute Gasteiger partial charge is 0.355 e. The van der Waals surface area contributed by atoms with Gasteiger partial charge >= 0.3 is 0 Å². The summed E-state index contributed by atoms with van der Waals surface area (Å²) in [5.41, 5.74) is 0.970. The van der Waals surface area contributed by atoms with E-state index >= 15 is 0 Å². The van der Waals surface area contributed by atoms with Crippen LogP contribution in [0.1, 0.15) is 15.4 Å². The molecule has 24 heavy (non-hydrogen) atoms. The molecule has 7 heteroatoms. The van der Waals surface area contributed by atoms with Crippen molar-refractivity contribution in [3.05, 3.63) is 64.5 Å². The van der Waals surface area contributed by atoms with Gasteiger partial charge < -0.3 is 15.2 Å². The molecule has 0 saturated carbocycles. The molecule has 0 atom stereocenters. The van der Waals surface area contributed by atoms with Gasteiger partial charge in [-0.1, -0.05) is 41.6 Å². The maximum atomic E-state index is 12.0. The van der Waals surface area contributed by atoms with Gasteiger partial charge in [0.15, 0.2) is 11.5 Å². The number of carbonyl (C=O) groups is 2. The Labute approximate surface area is 142 Å². The predicted octanol–water partition coefficient (Wildman–Crippen LogP) is 2.45. The van der Waals surface area contributed by atoms with E-state index in [4.69, 9.17) is 4.52 Å². The minimum Gasteiger partial charge on any atom is -0.355 e. The number of hydrogen-bond acceptors (Lipinski definition) is 5. The number of nitrogens with zero attached hydrogens (tertiary/aromatic N) is 1. The average Bonchev–Trinajstić information content (AvgIpc) is 3.30. The Kier molecular flexibility index (Phi) is 5.02. The molecule has 3 rings (SSSR count). The zero-order valence-corrected chi connectivity index (χ0v) is 13.5. The van der Waals surface area contributed by atoms with Crippen LogP contribution in [0.2, 0.25) is 0 Å². The molecule has 0 fully saturated rings. The van der Waals surface area contributed by atoms with Gasteiger partial charge in [0.1, 0.15) is 0 Å². The van der Waals surface area contributed by atoms with Crippen molar-refractivity contribution >= 4 is 23.2 Å². The highest BCUT2D eigenvalue weighted by atomic mass is 32.1. The van der Waals surface area contributed by atoms with E-state index in [1.165, 1.54) is 0 Å². The number of benzene rings is 1. The summed E-state index contributed by atoms with van der Waals surface area (Å²) in [5, 5.41) is 10.9. The first-order valence-electron chi connectivity index (χ1n) is 7.32. The third kappa shape index (κ3) is 4.08. The maximum absolute atomic E-state index is 12.0. The third-order valence-corrected chi connectivity index (χ3v) is 4.13. The summed E-state index contributed by atoms with van der Waals surface area (Å²) < 4.78 is 5.17. The van der Waals surface area contributed by atoms with Crippen LogP contribution in [0.5, 0.6) is 0 Å². The second-order valence-electron chi connectivity index (χ2n) is 4.98. The predicted molar refractivity (Wildman–Crippen MR) is 90.4 cm³/mol. The molecule has 0 saturated heterocycles. The van der Waals surface area contributed by atoms with Crippen molar-refractivity contribution in [2.75, 3.05) is 6.54 Å². The number of aromatic nitrogens is 1. The van der Waals surface area contributed by atoms with Crippen LogP contribution in [-0.4, -0.2) is 23.5 Å². The van der Waals surface area contributed by atoms with Crippen molar-refractivity contribution in [2.24, 2.45) is 0 Å². The summed E-state index contributed by atoms with van der Waals surface area (Å²) in [4.78, 5) is 24.8. The van der Waals surface area contributed by atoms with E-state index in [0.29, 0.717) is 12.3 Å². The lowest BCUT2D eigenvalue weighted by Gasteiger charge is -2.04. The standard InChI is InChI=1S/C17H15N3O3S/c21-16(18-10-13-7-4-8-24-13)11-19-17(22)14-9-15(23-20-14)12-5-2-1-3-6-12/h1-9H,10-11H2,(H,18,21)(H,19,22). The molecule has 0 unspecified atom stereocenters. The topological polar surface area (TPSA) is 84.2 Å². The van der Waals surface area contributed by atoms with Crippen LogP contribution in [0, 0.1) is 0 Å². The number of rotatable bonds is 6. The van der Waals surface area contributed by atoms with Gasteiger partial charge in [0.25, 0.3) is 5.91 Å². The van der Waals surface area contributed by atoms with Crippen molar-refractivity contribution in [3.8, 4) is 11.3 Å². The molecule has 0 radical (unpaired) electrons. The first-order valence-corrected chi connectivity index (χ1v) is 8.20. The van der Waals surface area contributed by atoms with E-state index in [2.05, 4.69) is 15.8 Å². The van der Waals surface area contributed by atoms with Crippen LogP contribution >= 0.6 is 11.3 Å². The van der Waals surface area contributed by atoms with Gasteiger partial charge in [-0.2, -0.15) is 0 Å². The molecule has 2 aromatic heterocycles. The van der Waals surface area contributed by atoms with Gasteiger partial charge in [-0.05, 0) is 11.4 Å². The highest BCUT2D eigenvalue weighted by Gasteiger charge is 2.14. The quantitative estimate of drug-likeness (QED) is 0.721. The first kappa shape index (κ1) is 15.9. The number of amides is 2. The molecule has 2 amide bonds. The molecule has 2 heterocycles. The number of carbonyl (C=O) groups excluding carboxylic acids is 2. The zero-order valence-electron chi connectivity index (χ0n) is 12.7. The molecule has 2 N–H and O–H groups in total. The van der Waals surface area contributed by atoms with Gasteiger partial charge in [-0.25, -0.2) is 0 Å². The Hall–Kier alpha value is -2.93. The van der Waals surface area contributed by atoms with Gasteiger partial charge in [0.2, 0.25) is 5.91 Å². The lowest BCUT2D eigenvalue weighted by atomic mass is 10.1. The molecule has 3 aromatic rings. The van der Waals surface area contributed by atoms with Crippen molar-refractivity contribution in [2.45, 2.75) is 6.54 Å². The third-order valence-electron chi connectivity index (χ3n) is 3.25. The van der Waals surface area contributed by atoms with Crippen LogP contribution in [0.15, 0.2) is 58.4 Å². The van der Waals surface area contributed by atoms with Gasteiger partial charge in [0, 0.05) is 16.5 Å². The van der Waals surface area contributed by atoms with Crippen LogP contribution in [0.25, 0.3) is 11.3 Å². The van der Waals surface area contributed by atoms with E-state index in [1.54, 1.807) is 17.4 Å². The Morgan fingerprint density at radius 2 is 1.92 bits per heavy atom. The highest BCUT2D eigenvalue weighted by molar-refractivity contribution is 7.09. The highest BCUT2D eigenvalue weighted by Crippen LogP contribution is 2.19. The monoisotopic (exact) mass is 341 g/mol. The van der Waals surface area contributed by atoms with Crippen LogP contribution in [-0.2, 0) is 11.3 Å². The summed E-state index contributed by atoms with van der Waals surface area (Å²) in [6, 6.07) is 14.8. The Morgan fingerprint density at radius 3 is 2.67 bits per heavy atom. The van der Waals surface area contributed by atoms with Crippen molar-refractivity contribution in [1.82, 2.24) is 15.8 Å². The molecule has 0 aliphatic heterocycles. The molecular formula is C17H15N3O3S. The minimum atomic E-state index is -0.452. The van der Waals surface area contributed by atoms with Crippen LogP contribution in [0.3, 0.4) is 0 Å². The normalized spacial score (nSPS) is 10.3. The Morgan fingerprint density at radius 1 is 1.08 bits per heavy atom. The Balaban J connectivity index is 1.50. The van der Waals surface area contributed by atoms with E-state index < -0.39 is 5.91 Å². The van der Waals surface area contributed by atoms with E-state index in [1.807, 2.05) is 47.8 Å². The van der Waals surface area contributed by atoms with Gasteiger partial charge in [0.05, 0.1) is 13.1 Å². The SMILES string of the molecule is O=C(CNC(=O)c1cc(-c2ccccc2)on1)NCc1cccs1. The smallest absolute Gasteiger partial charge is 0.273 e. The van der Waals surface area contributed by atoms with Crippen LogP contribution < -0.4 is 10.6 Å². The van der Waals surface area contributed by atoms with E-state index in [-0.39, 0.29) is 18.1 Å². The molecule has 0 aliphatic rings. The lowest BCUT2D eigenvalue weighted by molar-refractivity contribution is -0.120. The van der Waals surface area contributed by atoms with Crippen LogP contribution in [0.4, 0.5) is 0 Å². The summed E-state index contributed by atoms with van der Waals surface area (Å²) in [6.07, 6.45) is 0. The fourth-order valence-corrected chi connectivity index (χ4v) is 2.68. The number of hydrogen-bond donors (Lipinski definition) is 2. The molecule has 1 aromatic carbocycles. The number of thiophene rings is 1. The van der Waals surface area contributed by atoms with Gasteiger partial charge in [-0.3, -0.25) is 9.59 Å². The first-order chi connectivity index (χ1) is 11.7. The van der Waals surface area contributed by atoms with Crippen molar-refractivity contribution in [3.63, 3.8) is 0 Å². The Bertz CT molecular complexity index is 813. The van der Waals surface area contributed by atoms with Crippen molar-refractivity contribution < 1.29 is 14.1 Å². The molecule has 6 nitrogen and oxygen atoms in total. The molecule has 122 valence electrons. The fraction of sp³-hybridized carbons (Fsp3) is 0.118. The number of nitrogens with one attached hydrogen (secondary N) is 2. The van der Waals surface area contributed by atoms with E-state index in [0.717, 1.165) is 10.4 Å².